The molecule has 0 aliphatic heterocycles. The first-order valence-electron chi connectivity index (χ1n) is 5.61. The number of aliphatic hydroxyl groups excluding tert-OH is 1. The minimum absolute atomic E-state index is 0.306. The van der Waals surface area contributed by atoms with Crippen molar-refractivity contribution in [2.24, 2.45) is 0 Å². The molecule has 1 unspecified atom stereocenters. The van der Waals surface area contributed by atoms with Crippen molar-refractivity contribution in [2.45, 2.75) is 26.9 Å². The van der Waals surface area contributed by atoms with E-state index in [9.17, 15) is 13.9 Å². The maximum atomic E-state index is 13.2. The van der Waals surface area contributed by atoms with Crippen LogP contribution in [0.3, 0.4) is 0 Å². The van der Waals surface area contributed by atoms with E-state index in [0.29, 0.717) is 22.6 Å². The van der Waals surface area contributed by atoms with Crippen LogP contribution in [0.5, 0.6) is 0 Å². The zero-order valence-electron chi connectivity index (χ0n) is 10.4. The average Bonchev–Trinajstić information content (AvgIpc) is 2.56. The molecule has 1 atom stereocenters. The third-order valence-corrected chi connectivity index (χ3v) is 3.15. The number of rotatable bonds is 2. The van der Waals surface area contributed by atoms with Gasteiger partial charge in [0.25, 0.3) is 0 Å². The molecule has 0 saturated carbocycles. The van der Waals surface area contributed by atoms with Gasteiger partial charge in [0, 0.05) is 5.56 Å². The van der Waals surface area contributed by atoms with Crippen LogP contribution in [0.25, 0.3) is 0 Å². The summed E-state index contributed by atoms with van der Waals surface area (Å²) >= 11 is 0. The van der Waals surface area contributed by atoms with Crippen LogP contribution in [-0.4, -0.2) is 5.11 Å². The lowest BCUT2D eigenvalue weighted by molar-refractivity contribution is 0.216. The lowest BCUT2D eigenvalue weighted by atomic mass is 9.98. The minimum Gasteiger partial charge on any atom is -0.466 e. The summed E-state index contributed by atoms with van der Waals surface area (Å²) in [7, 11) is 0. The SMILES string of the molecule is Cc1oc(C)c(C(O)c2ccc(F)c(F)c2)c1C. The molecule has 0 saturated heterocycles. The summed E-state index contributed by atoms with van der Waals surface area (Å²) in [6.07, 6.45) is -1.02. The predicted molar refractivity (Wildman–Crippen MR) is 63.3 cm³/mol. The molecule has 0 fully saturated rings. The molecule has 4 heteroatoms. The Morgan fingerprint density at radius 1 is 1.06 bits per heavy atom. The molecule has 18 heavy (non-hydrogen) atoms. The van der Waals surface area contributed by atoms with E-state index in [2.05, 4.69) is 0 Å². The zero-order chi connectivity index (χ0) is 13.4. The average molecular weight is 252 g/mol. The van der Waals surface area contributed by atoms with Crippen LogP contribution in [0.2, 0.25) is 0 Å². The summed E-state index contributed by atoms with van der Waals surface area (Å²) in [5.41, 5.74) is 1.74. The standard InChI is InChI=1S/C14H14F2O2/c1-7-8(2)18-9(3)13(7)14(17)10-4-5-11(15)12(16)6-10/h4-6,14,17H,1-3H3. The van der Waals surface area contributed by atoms with Gasteiger partial charge >= 0.3 is 0 Å². The molecule has 0 amide bonds. The molecule has 96 valence electrons. The maximum Gasteiger partial charge on any atom is 0.159 e. The molecule has 1 N–H and O–H groups in total. The van der Waals surface area contributed by atoms with Gasteiger partial charge in [-0.05, 0) is 44.0 Å². The van der Waals surface area contributed by atoms with Gasteiger partial charge in [0.05, 0.1) is 0 Å². The highest BCUT2D eigenvalue weighted by molar-refractivity contribution is 5.39. The van der Waals surface area contributed by atoms with Gasteiger partial charge in [-0.1, -0.05) is 6.07 Å². The van der Waals surface area contributed by atoms with Crippen molar-refractivity contribution in [1.29, 1.82) is 0 Å². The molecule has 0 spiro atoms. The lowest BCUT2D eigenvalue weighted by Gasteiger charge is -2.12. The summed E-state index contributed by atoms with van der Waals surface area (Å²) < 4.78 is 31.4. The molecule has 0 radical (unpaired) electrons. The third-order valence-electron chi connectivity index (χ3n) is 3.15. The van der Waals surface area contributed by atoms with E-state index in [-0.39, 0.29) is 0 Å². The Balaban J connectivity index is 2.47. The first kappa shape index (κ1) is 12.8. The number of halogens is 2. The van der Waals surface area contributed by atoms with Crippen molar-refractivity contribution >= 4 is 0 Å². The smallest absolute Gasteiger partial charge is 0.159 e. The van der Waals surface area contributed by atoms with Crippen molar-refractivity contribution in [2.75, 3.05) is 0 Å². The van der Waals surface area contributed by atoms with Crippen LogP contribution >= 0.6 is 0 Å². The zero-order valence-corrected chi connectivity index (χ0v) is 10.4. The largest absolute Gasteiger partial charge is 0.466 e. The van der Waals surface area contributed by atoms with Crippen LogP contribution in [0.15, 0.2) is 22.6 Å². The summed E-state index contributed by atoms with van der Waals surface area (Å²) in [6, 6.07) is 3.37. The first-order chi connectivity index (χ1) is 8.41. The molecule has 2 nitrogen and oxygen atoms in total. The normalized spacial score (nSPS) is 12.8. The molecular weight excluding hydrogens is 238 g/mol. The number of hydrogen-bond donors (Lipinski definition) is 1. The molecule has 1 aromatic heterocycles. The molecule has 1 heterocycles. The van der Waals surface area contributed by atoms with Gasteiger partial charge in [0.15, 0.2) is 11.6 Å². The van der Waals surface area contributed by atoms with Crippen LogP contribution in [0.4, 0.5) is 8.78 Å². The van der Waals surface area contributed by atoms with Gasteiger partial charge in [0.1, 0.15) is 17.6 Å². The Labute approximate surface area is 104 Å². The fourth-order valence-corrected chi connectivity index (χ4v) is 2.06. The van der Waals surface area contributed by atoms with Gasteiger partial charge < -0.3 is 9.52 Å². The van der Waals surface area contributed by atoms with Crippen LogP contribution in [-0.2, 0) is 0 Å². The topological polar surface area (TPSA) is 33.4 Å². The van der Waals surface area contributed by atoms with Crippen LogP contribution < -0.4 is 0 Å². The van der Waals surface area contributed by atoms with Gasteiger partial charge in [0.2, 0.25) is 0 Å². The van der Waals surface area contributed by atoms with Crippen molar-refractivity contribution in [3.05, 3.63) is 58.0 Å². The van der Waals surface area contributed by atoms with Gasteiger partial charge in [-0.3, -0.25) is 0 Å². The number of benzene rings is 1. The second-order valence-electron chi connectivity index (χ2n) is 4.33. The summed E-state index contributed by atoms with van der Waals surface area (Å²) in [5.74, 6) is -0.601. The van der Waals surface area contributed by atoms with Gasteiger partial charge in [-0.15, -0.1) is 0 Å². The van der Waals surface area contributed by atoms with E-state index in [4.69, 9.17) is 4.42 Å². The molecular formula is C14H14F2O2. The van der Waals surface area contributed by atoms with Crippen molar-refractivity contribution in [3.8, 4) is 0 Å². The molecule has 2 rings (SSSR count). The Hall–Kier alpha value is -1.68. The van der Waals surface area contributed by atoms with Crippen molar-refractivity contribution < 1.29 is 18.3 Å². The Bertz CT molecular complexity index is 588. The van der Waals surface area contributed by atoms with E-state index >= 15 is 0 Å². The molecule has 0 aliphatic carbocycles. The van der Waals surface area contributed by atoms with E-state index < -0.39 is 17.7 Å². The second-order valence-corrected chi connectivity index (χ2v) is 4.33. The van der Waals surface area contributed by atoms with Crippen molar-refractivity contribution in [1.82, 2.24) is 0 Å². The van der Waals surface area contributed by atoms with E-state index in [1.165, 1.54) is 6.07 Å². The summed E-state index contributed by atoms with van der Waals surface area (Å²) in [5, 5.41) is 10.2. The fraction of sp³-hybridized carbons (Fsp3) is 0.286. The Kier molecular flexibility index (Phi) is 3.22. The predicted octanol–water partition coefficient (Wildman–Crippen LogP) is 3.56. The van der Waals surface area contributed by atoms with Gasteiger partial charge in [-0.25, -0.2) is 8.78 Å². The van der Waals surface area contributed by atoms with E-state index in [0.717, 1.165) is 17.7 Å². The fourth-order valence-electron chi connectivity index (χ4n) is 2.06. The molecule has 0 bridgehead atoms. The highest BCUT2D eigenvalue weighted by Gasteiger charge is 2.21. The highest BCUT2D eigenvalue weighted by atomic mass is 19.2. The van der Waals surface area contributed by atoms with Crippen LogP contribution in [0.1, 0.15) is 34.3 Å². The molecule has 1 aromatic carbocycles. The van der Waals surface area contributed by atoms with E-state index in [1.807, 2.05) is 6.92 Å². The number of furan rings is 1. The third kappa shape index (κ3) is 2.04. The Morgan fingerprint density at radius 2 is 1.72 bits per heavy atom. The molecule has 2 aromatic rings. The Morgan fingerprint density at radius 3 is 2.22 bits per heavy atom. The quantitative estimate of drug-likeness (QED) is 0.886. The van der Waals surface area contributed by atoms with Crippen molar-refractivity contribution in [3.63, 3.8) is 0 Å². The number of hydrogen-bond acceptors (Lipinski definition) is 2. The number of aliphatic hydroxyl groups is 1. The summed E-state index contributed by atoms with van der Waals surface area (Å²) in [4.78, 5) is 0. The second kappa shape index (κ2) is 4.53. The minimum atomic E-state index is -1.02. The van der Waals surface area contributed by atoms with Crippen LogP contribution in [0, 0.1) is 32.4 Å². The van der Waals surface area contributed by atoms with Gasteiger partial charge in [-0.2, -0.15) is 0 Å². The molecule has 0 aliphatic rings. The maximum absolute atomic E-state index is 13.2. The first-order valence-corrected chi connectivity index (χ1v) is 5.61. The van der Waals surface area contributed by atoms with E-state index in [1.54, 1.807) is 13.8 Å². The highest BCUT2D eigenvalue weighted by Crippen LogP contribution is 2.31. The lowest BCUT2D eigenvalue weighted by Crippen LogP contribution is -2.03. The monoisotopic (exact) mass is 252 g/mol. The summed E-state index contributed by atoms with van der Waals surface area (Å²) in [6.45, 7) is 5.35. The number of aryl methyl sites for hydroxylation is 2.